The van der Waals surface area contributed by atoms with Crippen LogP contribution in [-0.2, 0) is 0 Å². The highest BCUT2D eigenvalue weighted by Crippen LogP contribution is 2.11. The quantitative estimate of drug-likeness (QED) is 0.650. The van der Waals surface area contributed by atoms with Crippen LogP contribution in [0, 0.1) is 11.8 Å². The van der Waals surface area contributed by atoms with Gasteiger partial charge < -0.3 is 4.90 Å². The van der Waals surface area contributed by atoms with Crippen molar-refractivity contribution in [2.75, 3.05) is 19.3 Å². The van der Waals surface area contributed by atoms with Gasteiger partial charge in [0.05, 0.1) is 0 Å². The third-order valence-electron chi connectivity index (χ3n) is 2.48. The minimum Gasteiger partial charge on any atom is -0.303 e. The molecule has 2 unspecified atom stereocenters. The molecule has 0 aliphatic carbocycles. The van der Waals surface area contributed by atoms with Crippen LogP contribution in [0.1, 0.15) is 34.1 Å². The smallest absolute Gasteiger partial charge is 0.00664 e. The number of nitrogens with zero attached hydrogens (tertiary/aromatic N) is 1. The van der Waals surface area contributed by atoms with E-state index in [1.54, 1.807) is 0 Å². The summed E-state index contributed by atoms with van der Waals surface area (Å²) in [4.78, 5) is 2.45. The van der Waals surface area contributed by atoms with Crippen molar-refractivity contribution in [2.24, 2.45) is 11.8 Å². The third-order valence-corrected chi connectivity index (χ3v) is 3.10. The third kappa shape index (κ3) is 6.39. The van der Waals surface area contributed by atoms with E-state index in [9.17, 15) is 0 Å². The van der Waals surface area contributed by atoms with Gasteiger partial charge >= 0.3 is 0 Å². The molecule has 0 amide bonds. The fourth-order valence-electron chi connectivity index (χ4n) is 1.59. The standard InChI is InChI=1S/C11H25NS/c1-9(2)6-11(4)12(5)7-10(3)8-13/h9-11,13H,6-8H2,1-5H3. The molecule has 0 aromatic rings. The van der Waals surface area contributed by atoms with Crippen LogP contribution in [0.3, 0.4) is 0 Å². The first-order chi connectivity index (χ1) is 5.97. The number of hydrogen-bond donors (Lipinski definition) is 1. The molecule has 0 aliphatic heterocycles. The molecule has 0 saturated carbocycles. The monoisotopic (exact) mass is 203 g/mol. The molecule has 80 valence electrons. The van der Waals surface area contributed by atoms with Crippen LogP contribution < -0.4 is 0 Å². The van der Waals surface area contributed by atoms with Crippen LogP contribution in [0.4, 0.5) is 0 Å². The summed E-state index contributed by atoms with van der Waals surface area (Å²) in [7, 11) is 2.22. The zero-order valence-electron chi connectivity index (χ0n) is 9.75. The molecule has 0 fully saturated rings. The highest BCUT2D eigenvalue weighted by Gasteiger charge is 2.12. The van der Waals surface area contributed by atoms with Gasteiger partial charge in [-0.2, -0.15) is 12.6 Å². The van der Waals surface area contributed by atoms with E-state index in [-0.39, 0.29) is 0 Å². The van der Waals surface area contributed by atoms with Gasteiger partial charge in [0.2, 0.25) is 0 Å². The molecule has 13 heavy (non-hydrogen) atoms. The van der Waals surface area contributed by atoms with Crippen molar-refractivity contribution in [3.05, 3.63) is 0 Å². The predicted molar refractivity (Wildman–Crippen MR) is 64.6 cm³/mol. The number of thiol groups is 1. The first-order valence-electron chi connectivity index (χ1n) is 5.28. The van der Waals surface area contributed by atoms with E-state index in [0.717, 1.165) is 18.2 Å². The van der Waals surface area contributed by atoms with Gasteiger partial charge in [-0.25, -0.2) is 0 Å². The van der Waals surface area contributed by atoms with Crippen molar-refractivity contribution >= 4 is 12.6 Å². The Labute approximate surface area is 89.3 Å². The van der Waals surface area contributed by atoms with E-state index in [2.05, 4.69) is 52.3 Å². The molecule has 1 nitrogen and oxygen atoms in total. The van der Waals surface area contributed by atoms with Gasteiger partial charge in [0.25, 0.3) is 0 Å². The maximum atomic E-state index is 4.30. The molecule has 0 radical (unpaired) electrons. The van der Waals surface area contributed by atoms with E-state index < -0.39 is 0 Å². The molecule has 0 N–H and O–H groups in total. The molecule has 0 rings (SSSR count). The summed E-state index contributed by atoms with van der Waals surface area (Å²) in [6, 6.07) is 0.697. The van der Waals surface area contributed by atoms with Gasteiger partial charge in [-0.15, -0.1) is 0 Å². The van der Waals surface area contributed by atoms with E-state index >= 15 is 0 Å². The Hall–Kier alpha value is 0.310. The fourth-order valence-corrected chi connectivity index (χ4v) is 1.71. The lowest BCUT2D eigenvalue weighted by molar-refractivity contribution is 0.207. The van der Waals surface area contributed by atoms with Gasteiger partial charge in [0.15, 0.2) is 0 Å². The summed E-state index contributed by atoms with van der Waals surface area (Å²) in [5, 5.41) is 0. The molecule has 2 atom stereocenters. The van der Waals surface area contributed by atoms with E-state index in [0.29, 0.717) is 12.0 Å². The predicted octanol–water partition coefficient (Wildman–Crippen LogP) is 2.92. The second kappa shape index (κ2) is 6.72. The van der Waals surface area contributed by atoms with Crippen molar-refractivity contribution in [1.29, 1.82) is 0 Å². The molecular weight excluding hydrogens is 178 g/mol. The Balaban J connectivity index is 3.74. The van der Waals surface area contributed by atoms with Crippen molar-refractivity contribution in [2.45, 2.75) is 40.2 Å². The van der Waals surface area contributed by atoms with Crippen LogP contribution >= 0.6 is 12.6 Å². The normalized spacial score (nSPS) is 16.6. The molecule has 0 aromatic heterocycles. The summed E-state index contributed by atoms with van der Waals surface area (Å²) < 4.78 is 0. The van der Waals surface area contributed by atoms with Gasteiger partial charge in [-0.3, -0.25) is 0 Å². The average Bonchev–Trinajstić information content (AvgIpc) is 2.02. The highest BCUT2D eigenvalue weighted by atomic mass is 32.1. The van der Waals surface area contributed by atoms with E-state index in [1.807, 2.05) is 0 Å². The molecular formula is C11H25NS. The van der Waals surface area contributed by atoms with Gasteiger partial charge in [-0.1, -0.05) is 20.8 Å². The van der Waals surface area contributed by atoms with Crippen LogP contribution in [0.15, 0.2) is 0 Å². The first-order valence-corrected chi connectivity index (χ1v) is 5.91. The van der Waals surface area contributed by atoms with Crippen LogP contribution in [0.25, 0.3) is 0 Å². The summed E-state index contributed by atoms with van der Waals surface area (Å²) in [6.45, 7) is 10.3. The Kier molecular flexibility index (Phi) is 6.88. The van der Waals surface area contributed by atoms with Crippen molar-refractivity contribution < 1.29 is 0 Å². The second-order valence-corrected chi connectivity index (χ2v) is 5.07. The van der Waals surface area contributed by atoms with Crippen molar-refractivity contribution in [3.63, 3.8) is 0 Å². The summed E-state index contributed by atoms with van der Waals surface area (Å²) in [5.74, 6) is 2.48. The van der Waals surface area contributed by atoms with Crippen molar-refractivity contribution in [1.82, 2.24) is 4.90 Å². The minimum atomic E-state index is 0.697. The number of hydrogen-bond acceptors (Lipinski definition) is 2. The summed E-state index contributed by atoms with van der Waals surface area (Å²) in [6.07, 6.45) is 1.29. The van der Waals surface area contributed by atoms with Crippen LogP contribution in [0.5, 0.6) is 0 Å². The van der Waals surface area contributed by atoms with Gasteiger partial charge in [0.1, 0.15) is 0 Å². The lowest BCUT2D eigenvalue weighted by Crippen LogP contribution is -2.34. The van der Waals surface area contributed by atoms with Gasteiger partial charge in [0, 0.05) is 12.6 Å². The molecule has 0 bridgehead atoms. The Morgan fingerprint density at radius 1 is 1.15 bits per heavy atom. The SMILES string of the molecule is CC(C)CC(C)N(C)CC(C)CS. The Morgan fingerprint density at radius 2 is 1.69 bits per heavy atom. The lowest BCUT2D eigenvalue weighted by Gasteiger charge is -2.28. The van der Waals surface area contributed by atoms with Crippen LogP contribution in [-0.4, -0.2) is 30.3 Å². The number of rotatable bonds is 6. The maximum absolute atomic E-state index is 4.30. The Morgan fingerprint density at radius 3 is 2.08 bits per heavy atom. The second-order valence-electron chi connectivity index (χ2n) is 4.71. The minimum absolute atomic E-state index is 0.697. The average molecular weight is 203 g/mol. The molecule has 0 saturated heterocycles. The Bertz CT molecular complexity index is 125. The fraction of sp³-hybridized carbons (Fsp3) is 1.00. The van der Waals surface area contributed by atoms with E-state index in [1.165, 1.54) is 6.42 Å². The lowest BCUT2D eigenvalue weighted by atomic mass is 10.0. The van der Waals surface area contributed by atoms with Gasteiger partial charge in [-0.05, 0) is 38.0 Å². The molecule has 0 aliphatic rings. The summed E-state index contributed by atoms with van der Waals surface area (Å²) >= 11 is 4.30. The zero-order valence-corrected chi connectivity index (χ0v) is 10.6. The molecule has 2 heteroatoms. The molecule has 0 spiro atoms. The largest absolute Gasteiger partial charge is 0.303 e. The topological polar surface area (TPSA) is 3.24 Å². The molecule has 0 aromatic carbocycles. The van der Waals surface area contributed by atoms with E-state index in [4.69, 9.17) is 0 Å². The maximum Gasteiger partial charge on any atom is 0.00664 e. The van der Waals surface area contributed by atoms with Crippen molar-refractivity contribution in [3.8, 4) is 0 Å². The summed E-state index contributed by atoms with van der Waals surface area (Å²) in [5.41, 5.74) is 0. The highest BCUT2D eigenvalue weighted by molar-refractivity contribution is 7.80. The van der Waals surface area contributed by atoms with Crippen LogP contribution in [0.2, 0.25) is 0 Å². The zero-order chi connectivity index (χ0) is 10.4. The first kappa shape index (κ1) is 13.3. The molecule has 0 heterocycles.